The highest BCUT2D eigenvalue weighted by Crippen LogP contribution is 2.21. The molecule has 0 aliphatic carbocycles. The van der Waals surface area contributed by atoms with Gasteiger partial charge in [-0.05, 0) is 30.2 Å². The summed E-state index contributed by atoms with van der Waals surface area (Å²) in [4.78, 5) is 20.0. The molecule has 1 amide bonds. The number of nitrogens with two attached hydrogens (primary N) is 1. The molecule has 2 rings (SSSR count). The first-order valence-corrected chi connectivity index (χ1v) is 6.16. The standard InChI is InChI=1S/C14H16N4O/c1-2-5-17-14(19)12-8-11(9-18-13(12)15)10-3-6-16-7-4-10/h3-4,6-9H,2,5H2,1H3,(H2,15,18)(H,17,19). The van der Waals surface area contributed by atoms with E-state index in [0.29, 0.717) is 12.1 Å². The van der Waals surface area contributed by atoms with Crippen LogP contribution in [-0.2, 0) is 0 Å². The Hall–Kier alpha value is -2.43. The van der Waals surface area contributed by atoms with E-state index in [9.17, 15) is 4.79 Å². The summed E-state index contributed by atoms with van der Waals surface area (Å²) in [6.45, 7) is 2.62. The molecule has 5 heteroatoms. The van der Waals surface area contributed by atoms with Crippen LogP contribution in [0.3, 0.4) is 0 Å². The summed E-state index contributed by atoms with van der Waals surface area (Å²) in [6.07, 6.45) is 5.93. The van der Waals surface area contributed by atoms with Crippen LogP contribution < -0.4 is 11.1 Å². The minimum atomic E-state index is -0.192. The number of carbonyl (C=O) groups excluding carboxylic acids is 1. The molecule has 0 saturated heterocycles. The van der Waals surface area contributed by atoms with Crippen LogP contribution in [0.25, 0.3) is 11.1 Å². The van der Waals surface area contributed by atoms with Crippen molar-refractivity contribution in [3.63, 3.8) is 0 Å². The van der Waals surface area contributed by atoms with Gasteiger partial charge in [0, 0.05) is 30.7 Å². The maximum absolute atomic E-state index is 12.0. The van der Waals surface area contributed by atoms with E-state index in [2.05, 4.69) is 15.3 Å². The summed E-state index contributed by atoms with van der Waals surface area (Å²) in [7, 11) is 0. The number of nitrogen functional groups attached to an aromatic ring is 1. The number of anilines is 1. The number of hydrogen-bond donors (Lipinski definition) is 2. The second-order valence-corrected chi connectivity index (χ2v) is 4.15. The monoisotopic (exact) mass is 256 g/mol. The number of nitrogens with zero attached hydrogens (tertiary/aromatic N) is 2. The Morgan fingerprint density at radius 2 is 2.05 bits per heavy atom. The molecule has 0 spiro atoms. The minimum absolute atomic E-state index is 0.192. The summed E-state index contributed by atoms with van der Waals surface area (Å²) in [5, 5.41) is 2.80. The molecule has 0 bridgehead atoms. The van der Waals surface area contributed by atoms with Gasteiger partial charge >= 0.3 is 0 Å². The van der Waals surface area contributed by atoms with Crippen molar-refractivity contribution in [1.29, 1.82) is 0 Å². The van der Waals surface area contributed by atoms with Crippen LogP contribution in [0.2, 0.25) is 0 Å². The normalized spacial score (nSPS) is 10.2. The lowest BCUT2D eigenvalue weighted by Gasteiger charge is -2.08. The van der Waals surface area contributed by atoms with Crippen molar-refractivity contribution in [2.75, 3.05) is 12.3 Å². The van der Waals surface area contributed by atoms with Gasteiger partial charge in [-0.2, -0.15) is 0 Å². The Labute approximate surface area is 111 Å². The van der Waals surface area contributed by atoms with Crippen LogP contribution in [0, 0.1) is 0 Å². The van der Waals surface area contributed by atoms with Crippen molar-refractivity contribution in [2.45, 2.75) is 13.3 Å². The average Bonchev–Trinajstić information content (AvgIpc) is 2.46. The molecule has 2 heterocycles. The van der Waals surface area contributed by atoms with Crippen molar-refractivity contribution in [3.05, 3.63) is 42.4 Å². The summed E-state index contributed by atoms with van der Waals surface area (Å²) in [5.74, 6) is 0.0502. The fraction of sp³-hybridized carbons (Fsp3) is 0.214. The van der Waals surface area contributed by atoms with Crippen molar-refractivity contribution in [2.24, 2.45) is 0 Å². The SMILES string of the molecule is CCCNC(=O)c1cc(-c2ccncc2)cnc1N. The topological polar surface area (TPSA) is 80.9 Å². The van der Waals surface area contributed by atoms with Crippen LogP contribution in [0.1, 0.15) is 23.7 Å². The summed E-state index contributed by atoms with van der Waals surface area (Å²) < 4.78 is 0. The molecule has 0 saturated carbocycles. The Kier molecular flexibility index (Phi) is 4.07. The zero-order valence-corrected chi connectivity index (χ0v) is 10.8. The van der Waals surface area contributed by atoms with Crippen molar-refractivity contribution in [3.8, 4) is 11.1 Å². The first kappa shape index (κ1) is 13.0. The zero-order valence-electron chi connectivity index (χ0n) is 10.8. The Bertz CT molecular complexity index is 569. The molecule has 98 valence electrons. The lowest BCUT2D eigenvalue weighted by atomic mass is 10.1. The highest BCUT2D eigenvalue weighted by atomic mass is 16.1. The van der Waals surface area contributed by atoms with Gasteiger partial charge in [0.1, 0.15) is 5.82 Å². The van der Waals surface area contributed by atoms with Gasteiger partial charge in [-0.1, -0.05) is 6.92 Å². The number of rotatable bonds is 4. The van der Waals surface area contributed by atoms with Gasteiger partial charge in [-0.25, -0.2) is 4.98 Å². The summed E-state index contributed by atoms with van der Waals surface area (Å²) in [5.41, 5.74) is 7.96. The van der Waals surface area contributed by atoms with E-state index in [0.717, 1.165) is 17.5 Å². The van der Waals surface area contributed by atoms with Gasteiger partial charge in [0.15, 0.2) is 0 Å². The van der Waals surface area contributed by atoms with Crippen molar-refractivity contribution >= 4 is 11.7 Å². The van der Waals surface area contributed by atoms with Crippen LogP contribution in [0.4, 0.5) is 5.82 Å². The van der Waals surface area contributed by atoms with Crippen LogP contribution in [0.5, 0.6) is 0 Å². The highest BCUT2D eigenvalue weighted by molar-refractivity contribution is 5.99. The Balaban J connectivity index is 2.32. The molecule has 2 aromatic rings. The van der Waals surface area contributed by atoms with Crippen LogP contribution in [0.15, 0.2) is 36.8 Å². The molecular weight excluding hydrogens is 240 g/mol. The van der Waals surface area contributed by atoms with E-state index in [1.807, 2.05) is 19.1 Å². The second kappa shape index (κ2) is 5.95. The minimum Gasteiger partial charge on any atom is -0.383 e. The fourth-order valence-corrected chi connectivity index (χ4v) is 1.69. The predicted octanol–water partition coefficient (Wildman–Crippen LogP) is 1.87. The third kappa shape index (κ3) is 3.07. The zero-order chi connectivity index (χ0) is 13.7. The van der Waals surface area contributed by atoms with E-state index in [4.69, 9.17) is 5.73 Å². The Morgan fingerprint density at radius 3 is 2.74 bits per heavy atom. The molecule has 0 radical (unpaired) electrons. The maximum Gasteiger partial charge on any atom is 0.255 e. The largest absolute Gasteiger partial charge is 0.383 e. The van der Waals surface area contributed by atoms with Crippen molar-refractivity contribution in [1.82, 2.24) is 15.3 Å². The molecule has 0 aliphatic rings. The smallest absolute Gasteiger partial charge is 0.255 e. The Morgan fingerprint density at radius 1 is 1.32 bits per heavy atom. The van der Waals surface area contributed by atoms with Gasteiger partial charge in [-0.3, -0.25) is 9.78 Å². The summed E-state index contributed by atoms with van der Waals surface area (Å²) >= 11 is 0. The molecule has 2 aromatic heterocycles. The van der Waals surface area contributed by atoms with Gasteiger partial charge < -0.3 is 11.1 Å². The number of aromatic nitrogens is 2. The molecule has 0 aromatic carbocycles. The summed E-state index contributed by atoms with van der Waals surface area (Å²) in [6, 6.07) is 5.48. The first-order chi connectivity index (χ1) is 9.22. The number of hydrogen-bond acceptors (Lipinski definition) is 4. The van der Waals surface area contributed by atoms with Gasteiger partial charge in [0.25, 0.3) is 5.91 Å². The van der Waals surface area contributed by atoms with E-state index in [1.165, 1.54) is 0 Å². The third-order valence-corrected chi connectivity index (χ3v) is 2.71. The maximum atomic E-state index is 12.0. The average molecular weight is 256 g/mol. The van der Waals surface area contributed by atoms with Gasteiger partial charge in [0.2, 0.25) is 0 Å². The van der Waals surface area contributed by atoms with Gasteiger partial charge in [-0.15, -0.1) is 0 Å². The lowest BCUT2D eigenvalue weighted by Crippen LogP contribution is -2.25. The lowest BCUT2D eigenvalue weighted by molar-refractivity contribution is 0.0954. The molecule has 19 heavy (non-hydrogen) atoms. The molecule has 3 N–H and O–H groups in total. The highest BCUT2D eigenvalue weighted by Gasteiger charge is 2.11. The van der Waals surface area contributed by atoms with E-state index in [-0.39, 0.29) is 11.7 Å². The molecular formula is C14H16N4O. The van der Waals surface area contributed by atoms with E-state index < -0.39 is 0 Å². The van der Waals surface area contributed by atoms with Crippen LogP contribution >= 0.6 is 0 Å². The molecule has 0 fully saturated rings. The quantitative estimate of drug-likeness (QED) is 0.875. The first-order valence-electron chi connectivity index (χ1n) is 6.16. The van der Waals surface area contributed by atoms with Gasteiger partial charge in [0.05, 0.1) is 5.56 Å². The second-order valence-electron chi connectivity index (χ2n) is 4.15. The number of pyridine rings is 2. The fourth-order valence-electron chi connectivity index (χ4n) is 1.69. The van der Waals surface area contributed by atoms with Crippen LogP contribution in [-0.4, -0.2) is 22.4 Å². The molecule has 0 aliphatic heterocycles. The number of amides is 1. The third-order valence-electron chi connectivity index (χ3n) is 2.71. The van der Waals surface area contributed by atoms with E-state index >= 15 is 0 Å². The molecule has 0 unspecified atom stereocenters. The number of nitrogens with one attached hydrogen (secondary N) is 1. The van der Waals surface area contributed by atoms with Crippen molar-refractivity contribution < 1.29 is 4.79 Å². The molecule has 5 nitrogen and oxygen atoms in total. The number of carbonyl (C=O) groups is 1. The molecule has 0 atom stereocenters. The van der Waals surface area contributed by atoms with E-state index in [1.54, 1.807) is 24.7 Å². The predicted molar refractivity (Wildman–Crippen MR) is 74.5 cm³/mol.